The van der Waals surface area contributed by atoms with Crippen molar-refractivity contribution in [3.63, 3.8) is 0 Å². The number of rotatable bonds is 3. The fourth-order valence-electron chi connectivity index (χ4n) is 4.25. The van der Waals surface area contributed by atoms with E-state index in [1.807, 2.05) is 24.4 Å². The number of hydrogen-bond donors (Lipinski definition) is 0. The molecule has 0 N–H and O–H groups in total. The molecule has 2 atom stereocenters. The first-order valence-corrected chi connectivity index (χ1v) is 9.69. The van der Waals surface area contributed by atoms with Crippen LogP contribution in [0.25, 0.3) is 11.4 Å². The normalized spacial score (nSPS) is 24.0. The minimum atomic E-state index is -0.700. The number of nitrogens with zero attached hydrogens (tertiary/aromatic N) is 2. The second-order valence-electron chi connectivity index (χ2n) is 8.27. The molecule has 2 aromatic heterocycles. The minimum absolute atomic E-state index is 0.0987. The summed E-state index contributed by atoms with van der Waals surface area (Å²) in [5, 5.41) is 0. The zero-order chi connectivity index (χ0) is 18.5. The van der Waals surface area contributed by atoms with Crippen LogP contribution >= 0.6 is 0 Å². The summed E-state index contributed by atoms with van der Waals surface area (Å²) in [4.78, 5) is 9.47. The molecular weight excluding hydrogens is 324 g/mol. The molecule has 138 valence electrons. The van der Waals surface area contributed by atoms with Gasteiger partial charge >= 0.3 is 0 Å². The number of aromatic nitrogens is 2. The lowest BCUT2D eigenvalue weighted by Gasteiger charge is -2.24. The van der Waals surface area contributed by atoms with Crippen molar-refractivity contribution in [3.8, 4) is 11.4 Å². The summed E-state index contributed by atoms with van der Waals surface area (Å²) in [5.41, 5.74) is 5.26. The third kappa shape index (κ3) is 2.76. The maximum absolute atomic E-state index is 6.61. The van der Waals surface area contributed by atoms with Crippen LogP contribution < -0.4 is 0 Å². The summed E-state index contributed by atoms with van der Waals surface area (Å²) in [7, 11) is 0. The highest BCUT2D eigenvalue weighted by atomic mass is 16.8. The van der Waals surface area contributed by atoms with Gasteiger partial charge in [0, 0.05) is 12.6 Å². The van der Waals surface area contributed by atoms with Crippen LogP contribution in [-0.4, -0.2) is 22.2 Å². The van der Waals surface area contributed by atoms with Crippen molar-refractivity contribution < 1.29 is 9.47 Å². The number of aryl methyl sites for hydroxylation is 1. The van der Waals surface area contributed by atoms with Gasteiger partial charge in [-0.1, -0.05) is 33.8 Å². The quantitative estimate of drug-likeness (QED) is 0.807. The van der Waals surface area contributed by atoms with Crippen LogP contribution in [0.3, 0.4) is 0 Å². The second-order valence-corrected chi connectivity index (χ2v) is 8.27. The predicted octanol–water partition coefficient (Wildman–Crippen LogP) is 4.65. The van der Waals surface area contributed by atoms with E-state index in [9.17, 15) is 0 Å². The van der Waals surface area contributed by atoms with Gasteiger partial charge in [-0.3, -0.25) is 4.98 Å². The second kappa shape index (κ2) is 6.43. The van der Waals surface area contributed by atoms with Crippen LogP contribution in [0.5, 0.6) is 0 Å². The summed E-state index contributed by atoms with van der Waals surface area (Å²) < 4.78 is 13.2. The summed E-state index contributed by atoms with van der Waals surface area (Å²) in [5.74, 6) is 0.117. The molecule has 0 bridgehead atoms. The minimum Gasteiger partial charge on any atom is -0.338 e. The summed E-state index contributed by atoms with van der Waals surface area (Å²) in [6, 6.07) is 8.05. The van der Waals surface area contributed by atoms with E-state index in [0.29, 0.717) is 11.8 Å². The van der Waals surface area contributed by atoms with Crippen molar-refractivity contribution in [2.24, 2.45) is 11.8 Å². The van der Waals surface area contributed by atoms with Crippen LogP contribution in [0.4, 0.5) is 0 Å². The van der Waals surface area contributed by atoms with Gasteiger partial charge in [0.1, 0.15) is 5.69 Å². The molecule has 0 aromatic carbocycles. The van der Waals surface area contributed by atoms with E-state index < -0.39 is 5.79 Å². The first kappa shape index (κ1) is 17.6. The Balaban J connectivity index is 1.79. The maximum Gasteiger partial charge on any atom is 0.213 e. The standard InChI is InChI=1S/C22H28N2O2/c1-13(2)19-20(14(3)4)26-22(25-19)10-9-16-15(5)12-18(24-21(16)22)17-8-6-7-11-23-17/h6-8,11-14,19-20H,9-10H2,1-5H3/t19-,20-/m0/s1. The van der Waals surface area contributed by atoms with Gasteiger partial charge in [-0.25, -0.2) is 4.98 Å². The molecule has 1 aliphatic heterocycles. The molecule has 2 aliphatic rings. The molecule has 0 radical (unpaired) electrons. The lowest BCUT2D eigenvalue weighted by atomic mass is 9.94. The molecule has 1 fully saturated rings. The van der Waals surface area contributed by atoms with Gasteiger partial charge in [-0.15, -0.1) is 0 Å². The molecule has 0 amide bonds. The maximum atomic E-state index is 6.61. The van der Waals surface area contributed by atoms with Gasteiger partial charge in [-0.2, -0.15) is 0 Å². The summed E-state index contributed by atoms with van der Waals surface area (Å²) in [6.45, 7) is 11.0. The molecular formula is C22H28N2O2. The predicted molar refractivity (Wildman–Crippen MR) is 102 cm³/mol. The van der Waals surface area contributed by atoms with Crippen LogP contribution in [0.15, 0.2) is 30.5 Å². The fourth-order valence-corrected chi connectivity index (χ4v) is 4.25. The Labute approximate surface area is 156 Å². The summed E-state index contributed by atoms with van der Waals surface area (Å²) >= 11 is 0. The van der Waals surface area contributed by atoms with E-state index in [2.05, 4.69) is 45.7 Å². The van der Waals surface area contributed by atoms with E-state index in [1.54, 1.807) is 0 Å². The Bertz CT molecular complexity index is 785. The van der Waals surface area contributed by atoms with Crippen molar-refractivity contribution in [2.45, 2.75) is 65.5 Å². The highest BCUT2D eigenvalue weighted by Crippen LogP contribution is 2.50. The monoisotopic (exact) mass is 352 g/mol. The molecule has 2 aromatic rings. The van der Waals surface area contributed by atoms with Gasteiger partial charge in [0.05, 0.1) is 23.6 Å². The Morgan fingerprint density at radius 1 is 1.04 bits per heavy atom. The first-order chi connectivity index (χ1) is 12.4. The Morgan fingerprint density at radius 3 is 2.31 bits per heavy atom. The SMILES string of the molecule is Cc1cc(-c2ccccn2)nc2c1CCC21O[C@@H](C(C)C)[C@H](C(C)C)O1. The number of hydrogen-bond acceptors (Lipinski definition) is 4. The topological polar surface area (TPSA) is 44.2 Å². The van der Waals surface area contributed by atoms with E-state index >= 15 is 0 Å². The molecule has 4 rings (SSSR count). The highest BCUT2D eigenvalue weighted by Gasteiger charge is 2.54. The molecule has 26 heavy (non-hydrogen) atoms. The number of ether oxygens (including phenoxy) is 2. The van der Waals surface area contributed by atoms with Crippen molar-refractivity contribution in [1.82, 2.24) is 9.97 Å². The van der Waals surface area contributed by atoms with E-state index in [0.717, 1.165) is 29.9 Å². The van der Waals surface area contributed by atoms with Crippen LogP contribution in [0.1, 0.15) is 50.9 Å². The largest absolute Gasteiger partial charge is 0.338 e. The molecule has 4 heteroatoms. The first-order valence-electron chi connectivity index (χ1n) is 9.69. The van der Waals surface area contributed by atoms with Crippen molar-refractivity contribution >= 4 is 0 Å². The Hall–Kier alpha value is -1.78. The van der Waals surface area contributed by atoms with Gasteiger partial charge in [0.25, 0.3) is 0 Å². The molecule has 1 aliphatic carbocycles. The number of fused-ring (bicyclic) bond motifs is 2. The molecule has 1 saturated heterocycles. The van der Waals surface area contributed by atoms with Crippen LogP contribution in [-0.2, 0) is 21.7 Å². The fraction of sp³-hybridized carbons (Fsp3) is 0.545. The van der Waals surface area contributed by atoms with Gasteiger partial charge in [-0.05, 0) is 54.5 Å². The van der Waals surface area contributed by atoms with E-state index in [1.165, 1.54) is 11.1 Å². The molecule has 4 nitrogen and oxygen atoms in total. The zero-order valence-corrected chi connectivity index (χ0v) is 16.3. The Morgan fingerprint density at radius 2 is 1.73 bits per heavy atom. The average Bonchev–Trinajstić information content (AvgIpc) is 3.19. The molecule has 0 unspecified atom stereocenters. The summed E-state index contributed by atoms with van der Waals surface area (Å²) in [6.07, 6.45) is 3.80. The van der Waals surface area contributed by atoms with Gasteiger partial charge in [0.15, 0.2) is 0 Å². The van der Waals surface area contributed by atoms with Crippen molar-refractivity contribution in [1.29, 1.82) is 0 Å². The lowest BCUT2D eigenvalue weighted by Crippen LogP contribution is -2.31. The van der Waals surface area contributed by atoms with Crippen molar-refractivity contribution in [3.05, 3.63) is 47.3 Å². The third-order valence-electron chi connectivity index (χ3n) is 5.63. The number of pyridine rings is 2. The molecule has 3 heterocycles. The highest BCUT2D eigenvalue weighted by molar-refractivity contribution is 5.57. The molecule has 1 spiro atoms. The van der Waals surface area contributed by atoms with E-state index in [4.69, 9.17) is 14.5 Å². The van der Waals surface area contributed by atoms with Crippen LogP contribution in [0.2, 0.25) is 0 Å². The van der Waals surface area contributed by atoms with Crippen molar-refractivity contribution in [2.75, 3.05) is 0 Å². The van der Waals surface area contributed by atoms with Gasteiger partial charge < -0.3 is 9.47 Å². The Kier molecular flexibility index (Phi) is 4.36. The van der Waals surface area contributed by atoms with Gasteiger partial charge in [0.2, 0.25) is 5.79 Å². The van der Waals surface area contributed by atoms with E-state index in [-0.39, 0.29) is 12.2 Å². The van der Waals surface area contributed by atoms with Crippen LogP contribution in [0, 0.1) is 18.8 Å². The molecule has 0 saturated carbocycles. The third-order valence-corrected chi connectivity index (χ3v) is 5.63. The lowest BCUT2D eigenvalue weighted by molar-refractivity contribution is -0.190. The average molecular weight is 352 g/mol. The smallest absolute Gasteiger partial charge is 0.213 e. The zero-order valence-electron chi connectivity index (χ0n) is 16.3.